The first-order valence-corrected chi connectivity index (χ1v) is 6.90. The van der Waals surface area contributed by atoms with Gasteiger partial charge >= 0.3 is 0 Å². The fraction of sp³-hybridized carbons (Fsp3) is 1.00. The molecule has 0 fully saturated rings. The molecule has 0 aliphatic heterocycles. The summed E-state index contributed by atoms with van der Waals surface area (Å²) in [4.78, 5) is 0. The van der Waals surface area contributed by atoms with Crippen LogP contribution in [0.3, 0.4) is 0 Å². The summed E-state index contributed by atoms with van der Waals surface area (Å²) < 4.78 is 0. The lowest BCUT2D eigenvalue weighted by Crippen LogP contribution is -2.25. The van der Waals surface area contributed by atoms with Gasteiger partial charge in [-0.05, 0) is 6.42 Å². The molecule has 0 saturated heterocycles. The second kappa shape index (κ2) is 10.1. The van der Waals surface area contributed by atoms with Crippen LogP contribution in [0.2, 0.25) is 0 Å². The van der Waals surface area contributed by atoms with Crippen molar-refractivity contribution in [2.45, 2.75) is 71.6 Å². The Kier molecular flexibility index (Phi) is 10.0. The van der Waals surface area contributed by atoms with Gasteiger partial charge in [0.15, 0.2) is 0 Å². The van der Waals surface area contributed by atoms with Crippen molar-refractivity contribution in [1.29, 1.82) is 0 Å². The molecule has 16 heavy (non-hydrogen) atoms. The van der Waals surface area contributed by atoms with Gasteiger partial charge in [-0.1, -0.05) is 65.2 Å². The molecule has 0 unspecified atom stereocenters. The minimum atomic E-state index is -0.262. The molecule has 2 nitrogen and oxygen atoms in total. The van der Waals surface area contributed by atoms with Crippen molar-refractivity contribution >= 4 is 0 Å². The lowest BCUT2D eigenvalue weighted by molar-refractivity contribution is 0.0605. The zero-order valence-corrected chi connectivity index (χ0v) is 11.2. The van der Waals surface area contributed by atoms with E-state index < -0.39 is 0 Å². The zero-order chi connectivity index (χ0) is 12.3. The Hall–Kier alpha value is -0.0800. The molecule has 0 aromatic heterocycles. The van der Waals surface area contributed by atoms with Gasteiger partial charge in [-0.25, -0.2) is 0 Å². The van der Waals surface area contributed by atoms with E-state index in [1.165, 1.54) is 44.9 Å². The number of aliphatic hydroxyl groups is 2. The number of aliphatic hydroxyl groups excluding tert-OH is 2. The molecule has 0 radical (unpaired) electrons. The number of rotatable bonds is 11. The third kappa shape index (κ3) is 8.12. The quantitative estimate of drug-likeness (QED) is 0.533. The van der Waals surface area contributed by atoms with Crippen molar-refractivity contribution in [3.63, 3.8) is 0 Å². The first kappa shape index (κ1) is 15.9. The minimum Gasteiger partial charge on any atom is -0.396 e. The molecule has 0 rings (SSSR count). The fourth-order valence-corrected chi connectivity index (χ4v) is 1.89. The summed E-state index contributed by atoms with van der Waals surface area (Å²) >= 11 is 0. The van der Waals surface area contributed by atoms with E-state index in [4.69, 9.17) is 10.2 Å². The van der Waals surface area contributed by atoms with Gasteiger partial charge < -0.3 is 10.2 Å². The van der Waals surface area contributed by atoms with Gasteiger partial charge in [0.05, 0.1) is 13.2 Å². The van der Waals surface area contributed by atoms with Crippen LogP contribution in [0.5, 0.6) is 0 Å². The van der Waals surface area contributed by atoms with Crippen LogP contribution in [0.1, 0.15) is 71.6 Å². The lowest BCUT2D eigenvalue weighted by Gasteiger charge is -2.24. The van der Waals surface area contributed by atoms with E-state index in [1.807, 2.05) is 6.92 Å². The van der Waals surface area contributed by atoms with Crippen LogP contribution in [0.15, 0.2) is 0 Å². The minimum absolute atomic E-state index is 0.0972. The van der Waals surface area contributed by atoms with Crippen molar-refractivity contribution in [2.75, 3.05) is 13.2 Å². The van der Waals surface area contributed by atoms with Crippen LogP contribution in [0.25, 0.3) is 0 Å². The molecule has 0 amide bonds. The summed E-state index contributed by atoms with van der Waals surface area (Å²) in [5, 5.41) is 18.3. The maximum absolute atomic E-state index is 9.13. The van der Waals surface area contributed by atoms with Gasteiger partial charge in [0, 0.05) is 5.41 Å². The first-order valence-electron chi connectivity index (χ1n) is 6.90. The van der Waals surface area contributed by atoms with E-state index in [0.29, 0.717) is 0 Å². The molecule has 0 bridgehead atoms. The predicted molar refractivity (Wildman–Crippen MR) is 69.5 cm³/mol. The summed E-state index contributed by atoms with van der Waals surface area (Å²) in [5.74, 6) is 0. The van der Waals surface area contributed by atoms with E-state index in [9.17, 15) is 0 Å². The van der Waals surface area contributed by atoms with E-state index in [2.05, 4.69) is 6.92 Å². The second-order valence-electron chi connectivity index (χ2n) is 5.35. The van der Waals surface area contributed by atoms with Crippen molar-refractivity contribution in [2.24, 2.45) is 5.41 Å². The molecule has 98 valence electrons. The molecule has 0 aromatic carbocycles. The number of hydrogen-bond acceptors (Lipinski definition) is 2. The van der Waals surface area contributed by atoms with Crippen LogP contribution in [-0.4, -0.2) is 23.4 Å². The molecule has 2 N–H and O–H groups in total. The Morgan fingerprint density at radius 2 is 1.19 bits per heavy atom. The topological polar surface area (TPSA) is 40.5 Å². The third-order valence-electron chi connectivity index (χ3n) is 3.40. The number of hydrogen-bond donors (Lipinski definition) is 2. The summed E-state index contributed by atoms with van der Waals surface area (Å²) in [6.45, 7) is 4.39. The van der Waals surface area contributed by atoms with E-state index in [0.717, 1.165) is 12.8 Å². The molecule has 0 aliphatic carbocycles. The maximum Gasteiger partial charge on any atom is 0.0506 e. The highest BCUT2D eigenvalue weighted by Gasteiger charge is 2.21. The molecular formula is C14H30O2. The van der Waals surface area contributed by atoms with E-state index in [-0.39, 0.29) is 18.6 Å². The van der Waals surface area contributed by atoms with Crippen LogP contribution in [0.4, 0.5) is 0 Å². The summed E-state index contributed by atoms with van der Waals surface area (Å²) in [6.07, 6.45) is 11.4. The largest absolute Gasteiger partial charge is 0.396 e. The molecule has 0 atom stereocenters. The Bertz CT molecular complexity index is 142. The normalized spacial score (nSPS) is 12.0. The molecule has 0 aromatic rings. The molecule has 0 heterocycles. The Morgan fingerprint density at radius 1 is 0.750 bits per heavy atom. The Labute approximate surface area is 101 Å². The molecule has 0 spiro atoms. The van der Waals surface area contributed by atoms with Gasteiger partial charge in [0.25, 0.3) is 0 Å². The summed E-state index contributed by atoms with van der Waals surface area (Å²) in [6, 6.07) is 0. The van der Waals surface area contributed by atoms with Gasteiger partial charge in [0.2, 0.25) is 0 Å². The Morgan fingerprint density at radius 3 is 1.62 bits per heavy atom. The SMILES string of the molecule is CCCCCCCCCCC(C)(CO)CO. The van der Waals surface area contributed by atoms with Gasteiger partial charge in [0.1, 0.15) is 0 Å². The second-order valence-corrected chi connectivity index (χ2v) is 5.35. The Balaban J connectivity index is 3.26. The molecule has 0 saturated carbocycles. The van der Waals surface area contributed by atoms with Crippen molar-refractivity contribution in [3.8, 4) is 0 Å². The van der Waals surface area contributed by atoms with Crippen molar-refractivity contribution in [1.82, 2.24) is 0 Å². The van der Waals surface area contributed by atoms with Crippen LogP contribution in [-0.2, 0) is 0 Å². The van der Waals surface area contributed by atoms with Crippen molar-refractivity contribution in [3.05, 3.63) is 0 Å². The summed E-state index contributed by atoms with van der Waals surface area (Å²) in [5.41, 5.74) is -0.262. The maximum atomic E-state index is 9.13. The first-order chi connectivity index (χ1) is 7.68. The van der Waals surface area contributed by atoms with Gasteiger partial charge in [-0.3, -0.25) is 0 Å². The van der Waals surface area contributed by atoms with Crippen LogP contribution in [0, 0.1) is 5.41 Å². The fourth-order valence-electron chi connectivity index (χ4n) is 1.89. The molecule has 2 heteroatoms. The van der Waals surface area contributed by atoms with Crippen molar-refractivity contribution < 1.29 is 10.2 Å². The smallest absolute Gasteiger partial charge is 0.0506 e. The van der Waals surface area contributed by atoms with Crippen LogP contribution < -0.4 is 0 Å². The highest BCUT2D eigenvalue weighted by molar-refractivity contribution is 4.71. The average Bonchev–Trinajstić information content (AvgIpc) is 2.32. The van der Waals surface area contributed by atoms with E-state index >= 15 is 0 Å². The van der Waals surface area contributed by atoms with E-state index in [1.54, 1.807) is 0 Å². The number of unbranched alkanes of at least 4 members (excludes halogenated alkanes) is 7. The highest BCUT2D eigenvalue weighted by atomic mass is 16.3. The molecule has 0 aliphatic rings. The zero-order valence-electron chi connectivity index (χ0n) is 11.2. The van der Waals surface area contributed by atoms with Gasteiger partial charge in [-0.2, -0.15) is 0 Å². The van der Waals surface area contributed by atoms with Gasteiger partial charge in [-0.15, -0.1) is 0 Å². The lowest BCUT2D eigenvalue weighted by atomic mass is 9.86. The predicted octanol–water partition coefficient (Wildman–Crippen LogP) is 3.51. The van der Waals surface area contributed by atoms with Crippen LogP contribution >= 0.6 is 0 Å². The summed E-state index contributed by atoms with van der Waals surface area (Å²) in [7, 11) is 0. The monoisotopic (exact) mass is 230 g/mol. The standard InChI is InChI=1S/C14H30O2/c1-3-4-5-6-7-8-9-10-11-14(2,12-15)13-16/h15-16H,3-13H2,1-2H3. The molecular weight excluding hydrogens is 200 g/mol. The average molecular weight is 230 g/mol. The third-order valence-corrected chi connectivity index (χ3v) is 3.40. The highest BCUT2D eigenvalue weighted by Crippen LogP contribution is 2.23.